The Kier molecular flexibility index (Phi) is 4.00. The van der Waals surface area contributed by atoms with Crippen LogP contribution in [0.5, 0.6) is 0 Å². The zero-order chi connectivity index (χ0) is 17.6. The highest BCUT2D eigenvalue weighted by Gasteiger charge is 2.19. The number of rotatable bonds is 4. The Morgan fingerprint density at radius 3 is 2.62 bits per heavy atom. The molecule has 3 aromatic rings. The molecule has 24 heavy (non-hydrogen) atoms. The largest absolute Gasteiger partial charge is 0.347 e. The summed E-state index contributed by atoms with van der Waals surface area (Å²) in [5.74, 6) is 0.270. The van der Waals surface area contributed by atoms with Crippen LogP contribution in [-0.2, 0) is 29.6 Å². The summed E-state index contributed by atoms with van der Waals surface area (Å²) in [6.07, 6.45) is 2.94. The van der Waals surface area contributed by atoms with Gasteiger partial charge < -0.3 is 9.55 Å². The van der Waals surface area contributed by atoms with Gasteiger partial charge in [-0.1, -0.05) is 13.3 Å². The molecule has 0 aromatic carbocycles. The second kappa shape index (κ2) is 5.75. The summed E-state index contributed by atoms with van der Waals surface area (Å²) in [4.78, 5) is 19.6. The Morgan fingerprint density at radius 2 is 2.04 bits per heavy atom. The van der Waals surface area contributed by atoms with E-state index in [1.807, 2.05) is 6.92 Å². The number of aromatic amines is 1. The molecule has 0 saturated carbocycles. The SMILES string of the molecule is CCCc1nn(C)c2c(=O)[nH]c(-c3cc(S(=O)(=O)Cl)cn3C)nc12. The maximum absolute atomic E-state index is 12.4. The van der Waals surface area contributed by atoms with Crippen LogP contribution in [-0.4, -0.2) is 32.7 Å². The Labute approximate surface area is 142 Å². The molecule has 0 unspecified atom stereocenters. The van der Waals surface area contributed by atoms with Crippen molar-refractivity contribution < 1.29 is 8.42 Å². The second-order valence-electron chi connectivity index (χ2n) is 5.54. The third-order valence-electron chi connectivity index (χ3n) is 3.75. The standard InChI is InChI=1S/C14H16ClN5O3S/c1-4-5-9-11-12(20(3)18-9)14(21)17-13(16-11)10-6-8(7-19(10)2)24(15,22)23/h6-7H,4-5H2,1-3H3,(H,16,17,21). The normalized spacial score (nSPS) is 12.2. The molecule has 0 bridgehead atoms. The van der Waals surface area contributed by atoms with Gasteiger partial charge in [0.1, 0.15) is 10.4 Å². The summed E-state index contributed by atoms with van der Waals surface area (Å²) in [5, 5.41) is 4.35. The summed E-state index contributed by atoms with van der Waals surface area (Å²) in [7, 11) is 4.87. The van der Waals surface area contributed by atoms with Gasteiger partial charge in [-0.25, -0.2) is 13.4 Å². The van der Waals surface area contributed by atoms with E-state index >= 15 is 0 Å². The van der Waals surface area contributed by atoms with Gasteiger partial charge in [-0.3, -0.25) is 9.48 Å². The van der Waals surface area contributed by atoms with Crippen molar-refractivity contribution in [1.82, 2.24) is 24.3 Å². The predicted molar refractivity (Wildman–Crippen MR) is 90.6 cm³/mol. The summed E-state index contributed by atoms with van der Waals surface area (Å²) in [5.41, 5.74) is 1.77. The van der Waals surface area contributed by atoms with Crippen molar-refractivity contribution in [1.29, 1.82) is 0 Å². The highest BCUT2D eigenvalue weighted by molar-refractivity contribution is 8.13. The molecular formula is C14H16ClN5O3S. The fourth-order valence-corrected chi connectivity index (χ4v) is 3.47. The maximum atomic E-state index is 12.4. The number of nitrogens with zero attached hydrogens (tertiary/aromatic N) is 4. The number of hydrogen-bond donors (Lipinski definition) is 1. The smallest absolute Gasteiger partial charge is 0.277 e. The zero-order valence-electron chi connectivity index (χ0n) is 13.4. The molecule has 0 saturated heterocycles. The first kappa shape index (κ1) is 16.7. The Hall–Kier alpha value is -2.13. The van der Waals surface area contributed by atoms with E-state index in [2.05, 4.69) is 15.1 Å². The lowest BCUT2D eigenvalue weighted by Crippen LogP contribution is -2.13. The van der Waals surface area contributed by atoms with E-state index in [4.69, 9.17) is 10.7 Å². The molecule has 3 aromatic heterocycles. The molecule has 1 N–H and O–H groups in total. The summed E-state index contributed by atoms with van der Waals surface area (Å²) >= 11 is 0. The van der Waals surface area contributed by atoms with Crippen LogP contribution in [0.3, 0.4) is 0 Å². The molecule has 3 heterocycles. The molecule has 3 rings (SSSR count). The first-order valence-corrected chi connectivity index (χ1v) is 9.60. The van der Waals surface area contributed by atoms with E-state index in [1.165, 1.54) is 16.9 Å². The molecule has 0 amide bonds. The molecule has 0 aliphatic rings. The third-order valence-corrected chi connectivity index (χ3v) is 5.07. The van der Waals surface area contributed by atoms with Gasteiger partial charge in [-0.15, -0.1) is 0 Å². The van der Waals surface area contributed by atoms with E-state index in [9.17, 15) is 13.2 Å². The van der Waals surface area contributed by atoms with Crippen LogP contribution in [0, 0.1) is 0 Å². The summed E-state index contributed by atoms with van der Waals surface area (Å²) in [6.45, 7) is 2.02. The first-order chi connectivity index (χ1) is 11.2. The number of nitrogens with one attached hydrogen (secondary N) is 1. The van der Waals surface area contributed by atoms with Crippen molar-refractivity contribution in [2.24, 2.45) is 14.1 Å². The molecule has 0 atom stereocenters. The fourth-order valence-electron chi connectivity index (χ4n) is 2.68. The van der Waals surface area contributed by atoms with E-state index in [0.29, 0.717) is 23.1 Å². The maximum Gasteiger partial charge on any atom is 0.277 e. The van der Waals surface area contributed by atoms with Crippen molar-refractivity contribution in [3.8, 4) is 11.5 Å². The number of halogens is 1. The Bertz CT molecular complexity index is 1090. The summed E-state index contributed by atoms with van der Waals surface area (Å²) in [6, 6.07) is 1.38. The average Bonchev–Trinajstić information content (AvgIpc) is 3.01. The number of aromatic nitrogens is 5. The fraction of sp³-hybridized carbons (Fsp3) is 0.357. The van der Waals surface area contributed by atoms with Gasteiger partial charge in [-0.2, -0.15) is 5.10 Å². The highest BCUT2D eigenvalue weighted by atomic mass is 35.7. The lowest BCUT2D eigenvalue weighted by Gasteiger charge is -2.03. The minimum Gasteiger partial charge on any atom is -0.347 e. The first-order valence-electron chi connectivity index (χ1n) is 7.29. The molecule has 8 nitrogen and oxygen atoms in total. The topological polar surface area (TPSA) is 103 Å². The van der Waals surface area contributed by atoms with Gasteiger partial charge in [0.05, 0.1) is 11.4 Å². The van der Waals surface area contributed by atoms with Crippen LogP contribution in [0.1, 0.15) is 19.0 Å². The van der Waals surface area contributed by atoms with E-state index in [1.54, 1.807) is 18.7 Å². The van der Waals surface area contributed by atoms with Crippen LogP contribution < -0.4 is 5.56 Å². The van der Waals surface area contributed by atoms with Gasteiger partial charge in [0.15, 0.2) is 11.3 Å². The van der Waals surface area contributed by atoms with Gasteiger partial charge in [0.2, 0.25) is 0 Å². The summed E-state index contributed by atoms with van der Waals surface area (Å²) < 4.78 is 26.1. The average molecular weight is 370 g/mol. The van der Waals surface area contributed by atoms with Gasteiger partial charge in [0.25, 0.3) is 14.6 Å². The van der Waals surface area contributed by atoms with Crippen molar-refractivity contribution in [3.05, 3.63) is 28.3 Å². The molecule has 10 heteroatoms. The minimum atomic E-state index is -3.86. The van der Waals surface area contributed by atoms with Gasteiger partial charge >= 0.3 is 0 Å². The number of hydrogen-bond acceptors (Lipinski definition) is 5. The number of fused-ring (bicyclic) bond motifs is 1. The molecule has 0 spiro atoms. The van der Waals surface area contributed by atoms with Gasteiger partial charge in [-0.05, 0) is 12.5 Å². The zero-order valence-corrected chi connectivity index (χ0v) is 14.9. The van der Waals surface area contributed by atoms with Crippen LogP contribution in [0.25, 0.3) is 22.6 Å². The quantitative estimate of drug-likeness (QED) is 0.703. The van der Waals surface area contributed by atoms with E-state index in [0.717, 1.165) is 12.1 Å². The van der Waals surface area contributed by atoms with Crippen LogP contribution in [0.4, 0.5) is 0 Å². The van der Waals surface area contributed by atoms with Crippen molar-refractivity contribution in [2.45, 2.75) is 24.7 Å². The minimum absolute atomic E-state index is 0.0515. The predicted octanol–water partition coefficient (Wildman–Crippen LogP) is 1.54. The van der Waals surface area contributed by atoms with Crippen molar-refractivity contribution in [2.75, 3.05) is 0 Å². The van der Waals surface area contributed by atoms with Crippen molar-refractivity contribution >= 4 is 30.8 Å². The van der Waals surface area contributed by atoms with Crippen LogP contribution >= 0.6 is 10.7 Å². The van der Waals surface area contributed by atoms with E-state index in [-0.39, 0.29) is 16.3 Å². The molecule has 0 radical (unpaired) electrons. The lowest BCUT2D eigenvalue weighted by atomic mass is 10.2. The van der Waals surface area contributed by atoms with Crippen molar-refractivity contribution in [3.63, 3.8) is 0 Å². The van der Waals surface area contributed by atoms with Crippen LogP contribution in [0.2, 0.25) is 0 Å². The Balaban J connectivity index is 2.27. The number of aryl methyl sites for hydroxylation is 3. The molecule has 0 aliphatic heterocycles. The molecular weight excluding hydrogens is 354 g/mol. The molecule has 0 fully saturated rings. The van der Waals surface area contributed by atoms with Gasteiger partial charge in [0, 0.05) is 31.0 Å². The number of H-pyrrole nitrogens is 1. The van der Waals surface area contributed by atoms with Crippen LogP contribution in [0.15, 0.2) is 22.0 Å². The molecule has 128 valence electrons. The third kappa shape index (κ3) is 2.73. The highest BCUT2D eigenvalue weighted by Crippen LogP contribution is 2.24. The monoisotopic (exact) mass is 369 g/mol. The molecule has 0 aliphatic carbocycles. The lowest BCUT2D eigenvalue weighted by molar-refractivity contribution is 0.609. The Morgan fingerprint density at radius 1 is 1.33 bits per heavy atom. The van der Waals surface area contributed by atoms with E-state index < -0.39 is 9.05 Å². The second-order valence-corrected chi connectivity index (χ2v) is 8.11.